The van der Waals surface area contributed by atoms with Crippen molar-refractivity contribution >= 4 is 11.8 Å². The smallest absolute Gasteiger partial charge is 0.317 e. The van der Waals surface area contributed by atoms with Crippen molar-refractivity contribution in [3.63, 3.8) is 0 Å². The van der Waals surface area contributed by atoms with Crippen LogP contribution in [0.5, 0.6) is 0 Å². The summed E-state index contributed by atoms with van der Waals surface area (Å²) in [5, 5.41) is 9.01. The molecule has 7 nitrogen and oxygen atoms in total. The van der Waals surface area contributed by atoms with Crippen LogP contribution in [0.25, 0.3) is 0 Å². The Morgan fingerprint density at radius 3 is 1.45 bits per heavy atom. The highest BCUT2D eigenvalue weighted by molar-refractivity contribution is 5.77. The molecule has 0 aromatic rings. The summed E-state index contributed by atoms with van der Waals surface area (Å²) in [7, 11) is 0. The van der Waals surface area contributed by atoms with E-state index in [1.165, 1.54) is 0 Å². The second kappa shape index (κ2) is 8.57. The van der Waals surface area contributed by atoms with Gasteiger partial charge >= 0.3 is 5.97 Å². The number of carboxylic acid groups (broad SMARTS) is 1. The molecule has 0 aliphatic carbocycles. The summed E-state index contributed by atoms with van der Waals surface area (Å²) in [5.74, 6) is -0.533. The Morgan fingerprint density at radius 1 is 0.727 bits per heavy atom. The summed E-state index contributed by atoms with van der Waals surface area (Å²) in [6, 6.07) is 0. The number of carbonyl (C=O) groups excluding carboxylic acids is 1. The van der Waals surface area contributed by atoms with Crippen molar-refractivity contribution in [2.75, 3.05) is 78.5 Å². The summed E-state index contributed by atoms with van der Waals surface area (Å²) in [4.78, 5) is 31.4. The van der Waals surface area contributed by atoms with E-state index in [1.54, 1.807) is 6.92 Å². The van der Waals surface area contributed by atoms with Crippen molar-refractivity contribution in [1.29, 1.82) is 0 Å². The van der Waals surface area contributed by atoms with Crippen LogP contribution >= 0.6 is 0 Å². The molecule has 126 valence electrons. The van der Waals surface area contributed by atoms with Crippen molar-refractivity contribution in [3.8, 4) is 0 Å². The van der Waals surface area contributed by atoms with Gasteiger partial charge in [-0.1, -0.05) is 0 Å². The average molecular weight is 312 g/mol. The molecule has 2 aliphatic heterocycles. The molecular weight excluding hydrogens is 284 g/mol. The average Bonchev–Trinajstić information content (AvgIpc) is 2.58. The topological polar surface area (TPSA) is 67.3 Å². The molecule has 2 bridgehead atoms. The lowest BCUT2D eigenvalue weighted by molar-refractivity contribution is -0.138. The number of carboxylic acids is 1. The number of hydrogen-bond donors (Lipinski definition) is 1. The number of Topliss-reactive ketones (excluding diaryl/α,β-unsaturated/α-hetero) is 1. The third kappa shape index (κ3) is 6.00. The molecule has 2 heterocycles. The fourth-order valence-corrected chi connectivity index (χ4v) is 3.13. The van der Waals surface area contributed by atoms with Crippen molar-refractivity contribution in [3.05, 3.63) is 0 Å². The van der Waals surface area contributed by atoms with Gasteiger partial charge in [0.15, 0.2) is 0 Å². The summed E-state index contributed by atoms with van der Waals surface area (Å²) in [5.41, 5.74) is 0. The van der Waals surface area contributed by atoms with Crippen LogP contribution in [-0.4, -0.2) is 115 Å². The normalized spacial score (nSPS) is 28.8. The number of hydrogen-bond acceptors (Lipinski definition) is 6. The molecule has 0 amide bonds. The van der Waals surface area contributed by atoms with Crippen LogP contribution in [0.4, 0.5) is 0 Å². The summed E-state index contributed by atoms with van der Waals surface area (Å²) in [6.45, 7) is 11.5. The molecule has 2 aliphatic rings. The fourth-order valence-electron chi connectivity index (χ4n) is 3.13. The lowest BCUT2D eigenvalue weighted by Crippen LogP contribution is -2.44. The van der Waals surface area contributed by atoms with Crippen molar-refractivity contribution in [2.24, 2.45) is 0 Å². The molecule has 2 atom stereocenters. The molecule has 1 N–H and O–H groups in total. The van der Waals surface area contributed by atoms with Crippen molar-refractivity contribution in [1.82, 2.24) is 19.6 Å². The molecule has 0 saturated carbocycles. The van der Waals surface area contributed by atoms with Gasteiger partial charge in [-0.15, -0.1) is 0 Å². The maximum atomic E-state index is 11.4. The van der Waals surface area contributed by atoms with Crippen LogP contribution in [0, 0.1) is 0 Å². The fraction of sp³-hybridized carbons (Fsp3) is 0.867. The van der Waals surface area contributed by atoms with E-state index in [-0.39, 0.29) is 12.3 Å². The van der Waals surface area contributed by atoms with Crippen LogP contribution in [-0.2, 0) is 9.59 Å². The van der Waals surface area contributed by atoms with Crippen LogP contribution in [0.3, 0.4) is 0 Å². The molecular formula is C15H28N4O3. The Hall–Kier alpha value is -1.02. The molecule has 0 radical (unpaired) electrons. The maximum Gasteiger partial charge on any atom is 0.317 e. The maximum absolute atomic E-state index is 11.4. The highest BCUT2D eigenvalue weighted by Crippen LogP contribution is 2.04. The zero-order valence-electron chi connectivity index (χ0n) is 13.5. The van der Waals surface area contributed by atoms with Crippen molar-refractivity contribution in [2.45, 2.75) is 6.92 Å². The Balaban J connectivity index is 1.98. The van der Waals surface area contributed by atoms with Gasteiger partial charge in [0, 0.05) is 65.4 Å². The minimum absolute atomic E-state index is 0.123. The predicted molar refractivity (Wildman–Crippen MR) is 84.1 cm³/mol. The van der Waals surface area contributed by atoms with E-state index < -0.39 is 5.97 Å². The molecule has 22 heavy (non-hydrogen) atoms. The Kier molecular flexibility index (Phi) is 6.75. The van der Waals surface area contributed by atoms with E-state index in [1.807, 2.05) is 4.90 Å². The van der Waals surface area contributed by atoms with Crippen molar-refractivity contribution < 1.29 is 14.7 Å². The molecule has 0 aromatic carbocycles. The molecule has 2 unspecified atom stereocenters. The molecule has 0 spiro atoms. The quantitative estimate of drug-likeness (QED) is 0.706. The number of fused-ring (bicyclic) bond motifs is 3. The van der Waals surface area contributed by atoms with E-state index in [2.05, 4.69) is 14.7 Å². The van der Waals surface area contributed by atoms with Gasteiger partial charge in [-0.3, -0.25) is 29.2 Å². The number of carbonyl (C=O) groups is 2. The third-order valence-corrected chi connectivity index (χ3v) is 4.47. The van der Waals surface area contributed by atoms with Gasteiger partial charge in [0.05, 0.1) is 13.1 Å². The van der Waals surface area contributed by atoms with Gasteiger partial charge in [0.1, 0.15) is 5.78 Å². The van der Waals surface area contributed by atoms with Crippen LogP contribution < -0.4 is 0 Å². The van der Waals surface area contributed by atoms with E-state index in [0.717, 1.165) is 65.4 Å². The van der Waals surface area contributed by atoms with E-state index >= 15 is 0 Å². The molecule has 2 saturated heterocycles. The molecule has 7 heteroatoms. The third-order valence-electron chi connectivity index (χ3n) is 4.47. The zero-order chi connectivity index (χ0) is 15.9. The number of nitrogens with zero attached hydrogens (tertiary/aromatic N) is 4. The second-order valence-corrected chi connectivity index (χ2v) is 6.33. The first-order valence-electron chi connectivity index (χ1n) is 8.13. The first-order chi connectivity index (χ1) is 10.5. The van der Waals surface area contributed by atoms with E-state index in [0.29, 0.717) is 6.54 Å². The summed E-state index contributed by atoms with van der Waals surface area (Å²) in [6.07, 6.45) is 0. The summed E-state index contributed by atoms with van der Waals surface area (Å²) < 4.78 is 0. The molecule has 2 fully saturated rings. The monoisotopic (exact) mass is 312 g/mol. The number of ketones is 1. The minimum atomic E-state index is -0.753. The minimum Gasteiger partial charge on any atom is -0.480 e. The molecule has 2 rings (SSSR count). The highest BCUT2D eigenvalue weighted by atomic mass is 16.4. The van der Waals surface area contributed by atoms with Gasteiger partial charge in [-0.2, -0.15) is 0 Å². The zero-order valence-corrected chi connectivity index (χ0v) is 13.5. The van der Waals surface area contributed by atoms with Gasteiger partial charge in [-0.05, 0) is 6.92 Å². The lowest BCUT2D eigenvalue weighted by atomic mass is 10.3. The predicted octanol–water partition coefficient (Wildman–Crippen LogP) is -1.10. The van der Waals surface area contributed by atoms with Gasteiger partial charge in [-0.25, -0.2) is 0 Å². The molecule has 0 aromatic heterocycles. The number of rotatable bonds is 4. The van der Waals surface area contributed by atoms with Crippen LogP contribution in [0.15, 0.2) is 0 Å². The number of aliphatic carboxylic acids is 1. The van der Waals surface area contributed by atoms with E-state index in [4.69, 9.17) is 5.11 Å². The first kappa shape index (κ1) is 17.3. The van der Waals surface area contributed by atoms with Gasteiger partial charge in [0.25, 0.3) is 0 Å². The van der Waals surface area contributed by atoms with E-state index in [9.17, 15) is 9.59 Å². The van der Waals surface area contributed by atoms with Crippen LogP contribution in [0.1, 0.15) is 6.92 Å². The van der Waals surface area contributed by atoms with Gasteiger partial charge < -0.3 is 5.11 Å². The highest BCUT2D eigenvalue weighted by Gasteiger charge is 2.21. The van der Waals surface area contributed by atoms with Crippen LogP contribution in [0.2, 0.25) is 0 Å². The Bertz CT molecular complexity index is 339. The summed E-state index contributed by atoms with van der Waals surface area (Å²) >= 11 is 0. The SMILES string of the molecule is CC(=O)CN1CCN2CCN(CC1)CCN(CC(=O)O)CC2. The van der Waals surface area contributed by atoms with Gasteiger partial charge in [0.2, 0.25) is 0 Å². The largest absolute Gasteiger partial charge is 0.480 e. The lowest BCUT2D eigenvalue weighted by Gasteiger charge is -2.28. The Labute approximate surface area is 132 Å². The first-order valence-corrected chi connectivity index (χ1v) is 8.13. The Morgan fingerprint density at radius 2 is 1.09 bits per heavy atom. The second-order valence-electron chi connectivity index (χ2n) is 6.33. The standard InChI is InChI=1S/C15H28N4O3/c1-14(20)12-18-8-4-16-2-3-17(5-9-18)7-11-19(10-6-16)13-15(21)22/h2-13H2,1H3,(H,21,22).